The molecule has 119 heavy (non-hydrogen) atoms. The molecule has 12 amide bonds. The summed E-state index contributed by atoms with van der Waals surface area (Å²) in [6.45, 7) is 2.28. The van der Waals surface area contributed by atoms with Crippen molar-refractivity contribution in [3.8, 4) is 5.75 Å². The van der Waals surface area contributed by atoms with E-state index in [-0.39, 0.29) is 82.8 Å². The third-order valence-electron chi connectivity index (χ3n) is 20.9. The SMILES string of the molecule is CC(=O)N[C@@H]1CCSC[C@@H](C(=O)N[C@@H](Cc2ccc(OCCN)cc2)C(=O)C[C@@H](Cc2ccc3ccccc3c2)C(=O)NC2(C(=O)C[C@@H](CCC(=O)O)C(=O)N[C@@H](CC(N)=O)C(=O)C[C@@H](CC(N)=O)C(N)=O)CCOCC2)CC(=O)[C@H](CCC(N)=O)NC(=O)[C@H](Cc2c[nH]c3ccccc23)NC(=O)[C@H]([C@@H](C)O)NC(=O)[C@@H](CCC(N)=O)CC1=O. The number of carboxylic acid groups (broad SMARTS) is 1. The zero-order chi connectivity index (χ0) is 87.2. The van der Waals surface area contributed by atoms with Crippen molar-refractivity contribution >= 4 is 139 Å². The number of ether oxygens (including phenoxy) is 2. The van der Waals surface area contributed by atoms with Crippen molar-refractivity contribution < 1.29 is 106 Å². The predicted octanol–water partition coefficient (Wildman–Crippen LogP) is -0.693. The van der Waals surface area contributed by atoms with Crippen molar-refractivity contribution in [1.82, 2.24) is 42.2 Å². The minimum absolute atomic E-state index is 0.0630. The lowest BCUT2D eigenvalue weighted by molar-refractivity contribution is -0.142. The minimum Gasteiger partial charge on any atom is -0.492 e. The number of carboxylic acids is 1. The lowest BCUT2D eigenvalue weighted by Gasteiger charge is -2.38. The zero-order valence-electron chi connectivity index (χ0n) is 66.3. The van der Waals surface area contributed by atoms with Crippen molar-refractivity contribution in [3.05, 3.63) is 114 Å². The third-order valence-corrected chi connectivity index (χ3v) is 22.1. The molecule has 0 bridgehead atoms. The highest BCUT2D eigenvalue weighted by Gasteiger charge is 2.46. The number of aliphatic hydroxyl groups excluding tert-OH is 1. The molecule has 36 nitrogen and oxygen atoms in total. The number of amides is 12. The number of rotatable bonds is 40. The van der Waals surface area contributed by atoms with E-state index in [4.69, 9.17) is 43.9 Å². The van der Waals surface area contributed by atoms with Crippen LogP contribution < -0.4 is 76.4 Å². The molecule has 2 aliphatic heterocycles. The number of fused-ring (bicyclic) bond motifs is 2. The van der Waals surface area contributed by atoms with Crippen molar-refractivity contribution in [2.75, 3.05) is 37.9 Å². The van der Waals surface area contributed by atoms with E-state index >= 15 is 28.8 Å². The molecule has 5 aromatic rings. The molecular formula is C82H106N14O22S. The molecule has 642 valence electrons. The quantitative estimate of drug-likeness (QED) is 0.0231. The molecule has 2 fully saturated rings. The van der Waals surface area contributed by atoms with Crippen LogP contribution in [0.1, 0.15) is 133 Å². The number of aromatic nitrogens is 1. The van der Waals surface area contributed by atoms with Gasteiger partial charge in [0.25, 0.3) is 0 Å². The number of nitrogens with two attached hydrogens (primary N) is 6. The van der Waals surface area contributed by atoms with Gasteiger partial charge in [-0.05, 0) is 96.9 Å². The van der Waals surface area contributed by atoms with Crippen molar-refractivity contribution in [3.63, 3.8) is 0 Å². The molecule has 0 aliphatic carbocycles. The number of hydrogen-bond acceptors (Lipinski definition) is 23. The van der Waals surface area contributed by atoms with Gasteiger partial charge in [-0.2, -0.15) is 11.8 Å². The summed E-state index contributed by atoms with van der Waals surface area (Å²) in [5.41, 5.74) is 33.2. The summed E-state index contributed by atoms with van der Waals surface area (Å²) < 4.78 is 11.4. The van der Waals surface area contributed by atoms with E-state index in [0.29, 0.717) is 33.3 Å². The molecule has 0 saturated carbocycles. The van der Waals surface area contributed by atoms with Gasteiger partial charge in [0.1, 0.15) is 30.0 Å². The predicted molar refractivity (Wildman–Crippen MR) is 432 cm³/mol. The molecular weight excluding hydrogens is 1570 g/mol. The van der Waals surface area contributed by atoms with Gasteiger partial charge in [-0.3, -0.25) is 86.3 Å². The molecule has 2 saturated heterocycles. The number of carbonyl (C=O) groups excluding carboxylic acids is 17. The van der Waals surface area contributed by atoms with Crippen LogP contribution in [0, 0.1) is 29.6 Å². The maximum atomic E-state index is 15.9. The number of primary amides is 5. The Kier molecular flexibility index (Phi) is 36.3. The standard InChI is InChI=1S/C82H106N14O22S/c1-44(97)74-81(116)94-63(34-54-42-89-58-10-6-5-9-57(54)58)80(115)91-59(19-21-70(85)105)65(100)38-55(43-119-30-23-60(90-45(2)98)64(99)35-50(77(112)95-74)15-20-69(84)104)78(113)92-61(33-46-12-17-56(18-13-46)118-29-26-83)67(102)37-53(32-47-11-14-48-7-3-4-8-49(48)31-47)79(114)96-82(24-27-117-28-25-82)68(103)39-51(16-22-73(108)109)76(111)93-62(41-72(87)107)66(101)36-52(75(88)110)40-71(86)106/h3-14,17-18,31,42,44,50-53,55,59-63,74,89,97H,15-16,19-30,32-41,43,83H2,1-2H3,(H2,84,104)(H2,85,105)(H2,86,106)(H2,87,107)(H2,88,110)(H,90,98)(H,91,115)(H,92,113)(H,93,111)(H,94,116)(H,95,112)(H,96,114)(H,108,109)/t44-,50+,51-,52+,53-,55+,59+,60-,61+,62+,63+,74+/m1/s1. The van der Waals surface area contributed by atoms with Gasteiger partial charge >= 0.3 is 5.97 Å². The second-order valence-corrected chi connectivity index (χ2v) is 31.3. The summed E-state index contributed by atoms with van der Waals surface area (Å²) in [6, 6.07) is 16.0. The highest BCUT2D eigenvalue weighted by Crippen LogP contribution is 2.31. The van der Waals surface area contributed by atoms with Crippen molar-refractivity contribution in [2.45, 2.75) is 184 Å². The average Bonchev–Trinajstić information content (AvgIpc) is 1.32. The van der Waals surface area contributed by atoms with Crippen LogP contribution in [-0.4, -0.2) is 207 Å². The van der Waals surface area contributed by atoms with Gasteiger partial charge in [-0.25, -0.2) is 0 Å². The number of hydrogen-bond donors (Lipinski definition) is 16. The second-order valence-electron chi connectivity index (χ2n) is 30.2. The fourth-order valence-corrected chi connectivity index (χ4v) is 15.5. The van der Waals surface area contributed by atoms with Gasteiger partial charge < -0.3 is 96.3 Å². The number of benzene rings is 4. The van der Waals surface area contributed by atoms with Gasteiger partial charge in [0.2, 0.25) is 70.9 Å². The molecule has 12 atom stereocenters. The molecule has 0 unspecified atom stereocenters. The summed E-state index contributed by atoms with van der Waals surface area (Å²) in [7, 11) is 0. The Hall–Kier alpha value is -11.8. The largest absolute Gasteiger partial charge is 0.492 e. The first-order valence-corrected chi connectivity index (χ1v) is 40.3. The molecule has 22 N–H and O–H groups in total. The monoisotopic (exact) mass is 1670 g/mol. The summed E-state index contributed by atoms with van der Waals surface area (Å²) in [4.78, 5) is 254. The van der Waals surface area contributed by atoms with Crippen LogP contribution in [0.5, 0.6) is 5.75 Å². The Morgan fingerprint density at radius 2 is 1.28 bits per heavy atom. The molecule has 7 rings (SSSR count). The van der Waals surface area contributed by atoms with Gasteiger partial charge in [-0.1, -0.05) is 72.8 Å². The fourth-order valence-electron chi connectivity index (χ4n) is 14.3. The number of carbonyl (C=O) groups is 18. The zero-order valence-corrected chi connectivity index (χ0v) is 67.1. The number of aliphatic carboxylic acids is 1. The number of Topliss-reactive ketones (excluding diaryl/α,β-unsaturated/α-hetero) is 5. The van der Waals surface area contributed by atoms with Crippen molar-refractivity contribution in [2.24, 2.45) is 64.0 Å². The maximum absolute atomic E-state index is 15.9. The summed E-state index contributed by atoms with van der Waals surface area (Å²) in [6.07, 6.45) is -9.82. The van der Waals surface area contributed by atoms with E-state index in [9.17, 15) is 67.7 Å². The Balaban J connectivity index is 1.30. The van der Waals surface area contributed by atoms with Crippen LogP contribution in [0.25, 0.3) is 21.7 Å². The Bertz CT molecular complexity index is 4550. The molecule has 0 radical (unpaired) electrons. The van der Waals surface area contributed by atoms with E-state index in [1.54, 1.807) is 79.0 Å². The van der Waals surface area contributed by atoms with Gasteiger partial charge in [0, 0.05) is 144 Å². The fraction of sp³-hybridized carbons (Fsp3) is 0.488. The molecule has 37 heteroatoms. The molecule has 2 aliphatic rings. The highest BCUT2D eigenvalue weighted by molar-refractivity contribution is 7.99. The van der Waals surface area contributed by atoms with Crippen LogP contribution in [0.4, 0.5) is 0 Å². The second kappa shape index (κ2) is 45.8. The first-order chi connectivity index (χ1) is 56.5. The Morgan fingerprint density at radius 1 is 0.639 bits per heavy atom. The lowest BCUT2D eigenvalue weighted by Crippen LogP contribution is -2.59. The third kappa shape index (κ3) is 29.6. The van der Waals surface area contributed by atoms with Crippen LogP contribution >= 0.6 is 11.8 Å². The smallest absolute Gasteiger partial charge is 0.303 e. The van der Waals surface area contributed by atoms with E-state index in [0.717, 1.165) is 29.5 Å². The normalized spacial score (nSPS) is 19.9. The number of aliphatic hydroxyl groups is 1. The molecule has 1 aromatic heterocycles. The number of ketones is 5. The number of aromatic amines is 1. The first kappa shape index (κ1) is 94.3. The van der Waals surface area contributed by atoms with Gasteiger partial charge in [0.05, 0.1) is 48.5 Å². The van der Waals surface area contributed by atoms with Gasteiger partial charge in [-0.15, -0.1) is 0 Å². The summed E-state index contributed by atoms with van der Waals surface area (Å²) in [5, 5.41) is 41.6. The Labute approximate surface area is 689 Å². The Morgan fingerprint density at radius 3 is 1.92 bits per heavy atom. The van der Waals surface area contributed by atoms with Crippen LogP contribution in [0.15, 0.2) is 97.2 Å². The lowest BCUT2D eigenvalue weighted by atomic mass is 9.79. The van der Waals surface area contributed by atoms with E-state index in [1.807, 2.05) is 18.2 Å². The van der Waals surface area contributed by atoms with Crippen LogP contribution in [-0.2, 0) is 110 Å². The molecule has 4 aromatic carbocycles. The maximum Gasteiger partial charge on any atom is 0.303 e. The molecule has 0 spiro atoms. The molecule has 3 heterocycles. The average molecular weight is 1670 g/mol. The van der Waals surface area contributed by atoms with E-state index < -0.39 is 260 Å². The number of para-hydroxylation sites is 1. The van der Waals surface area contributed by atoms with Crippen LogP contribution in [0.2, 0.25) is 0 Å². The topological polar surface area (TPSA) is 622 Å². The highest BCUT2D eigenvalue weighted by atomic mass is 32.2. The van der Waals surface area contributed by atoms with E-state index in [1.165, 1.54) is 6.92 Å². The minimum atomic E-state index is -1.91. The number of H-pyrrole nitrogens is 1. The van der Waals surface area contributed by atoms with Crippen molar-refractivity contribution in [1.29, 1.82) is 0 Å². The summed E-state index contributed by atoms with van der Waals surface area (Å²) in [5.74, 6) is -24.7. The number of thioether (sulfide) groups is 1. The van der Waals surface area contributed by atoms with Gasteiger partial charge in [0.15, 0.2) is 28.9 Å². The number of nitrogens with one attached hydrogen (secondary N) is 8. The van der Waals surface area contributed by atoms with Crippen LogP contribution in [0.3, 0.4) is 0 Å². The van der Waals surface area contributed by atoms with E-state index in [2.05, 4.69) is 42.2 Å². The summed E-state index contributed by atoms with van der Waals surface area (Å²) >= 11 is 1.02. The first-order valence-electron chi connectivity index (χ1n) is 39.2.